The molecule has 3 aliphatic heterocycles. The van der Waals surface area contributed by atoms with Gasteiger partial charge in [0.25, 0.3) is 0 Å². The number of rotatable bonds is 8. The first-order chi connectivity index (χ1) is 16.0. The molecule has 16 nitrogen and oxygen atoms in total. The monoisotopic (exact) mass is 504 g/mol. The van der Waals surface area contributed by atoms with E-state index in [1.807, 2.05) is 0 Å². The Balaban J connectivity index is 1.69. The first-order valence-corrected chi connectivity index (χ1v) is 10.6. The molecule has 34 heavy (non-hydrogen) atoms. The Morgan fingerprint density at radius 3 is 1.65 bits per heavy atom. The van der Waals surface area contributed by atoms with Gasteiger partial charge in [0.2, 0.25) is 5.79 Å². The smallest absolute Gasteiger partial charge is 0.224 e. The van der Waals surface area contributed by atoms with Gasteiger partial charge in [-0.05, 0) is 0 Å². The minimum Gasteiger partial charge on any atom is -0.394 e. The lowest BCUT2D eigenvalue weighted by Crippen LogP contribution is -2.63. The first kappa shape index (κ1) is 27.9. The molecule has 14 atom stereocenters. The molecule has 0 amide bonds. The van der Waals surface area contributed by atoms with Gasteiger partial charge in [-0.15, -0.1) is 0 Å². The van der Waals surface area contributed by atoms with Gasteiger partial charge in [0.15, 0.2) is 12.6 Å². The van der Waals surface area contributed by atoms with Crippen LogP contribution in [0.5, 0.6) is 0 Å². The molecular weight excluding hydrogens is 472 g/mol. The van der Waals surface area contributed by atoms with Crippen LogP contribution in [0.2, 0.25) is 0 Å². The Hall–Kier alpha value is -0.640. The quantitative estimate of drug-likeness (QED) is 0.146. The van der Waals surface area contributed by atoms with Gasteiger partial charge >= 0.3 is 0 Å². The van der Waals surface area contributed by atoms with Gasteiger partial charge in [-0.2, -0.15) is 0 Å². The number of aliphatic hydroxyl groups excluding tert-OH is 11. The van der Waals surface area contributed by atoms with Crippen molar-refractivity contribution in [3.63, 3.8) is 0 Å². The molecule has 3 saturated heterocycles. The molecule has 0 aliphatic carbocycles. The van der Waals surface area contributed by atoms with E-state index < -0.39 is 112 Å². The second kappa shape index (κ2) is 11.2. The Morgan fingerprint density at radius 2 is 1.12 bits per heavy atom. The van der Waals surface area contributed by atoms with Gasteiger partial charge < -0.3 is 79.9 Å². The van der Waals surface area contributed by atoms with Crippen molar-refractivity contribution in [2.45, 2.75) is 85.5 Å². The van der Waals surface area contributed by atoms with Crippen molar-refractivity contribution in [3.8, 4) is 0 Å². The molecule has 2 unspecified atom stereocenters. The van der Waals surface area contributed by atoms with E-state index in [1.165, 1.54) is 0 Å². The molecule has 0 radical (unpaired) electrons. The Bertz CT molecular complexity index is 653. The predicted octanol–water partition coefficient (Wildman–Crippen LogP) is -7.57. The summed E-state index contributed by atoms with van der Waals surface area (Å²) < 4.78 is 26.4. The lowest BCUT2D eigenvalue weighted by molar-refractivity contribution is -0.388. The molecule has 11 N–H and O–H groups in total. The maximum atomic E-state index is 10.3. The maximum absolute atomic E-state index is 10.3. The Kier molecular flexibility index (Phi) is 9.18. The van der Waals surface area contributed by atoms with Crippen molar-refractivity contribution in [3.05, 3.63) is 0 Å². The van der Waals surface area contributed by atoms with Gasteiger partial charge in [0.1, 0.15) is 73.8 Å². The first-order valence-electron chi connectivity index (χ1n) is 10.6. The molecule has 0 aromatic carbocycles. The number of ether oxygens (including phenoxy) is 5. The molecule has 0 spiro atoms. The molecule has 0 aromatic heterocycles. The lowest BCUT2D eigenvalue weighted by Gasteiger charge is -2.44. The normalized spacial score (nSPS) is 52.1. The minimum atomic E-state index is -2.36. The van der Waals surface area contributed by atoms with Crippen molar-refractivity contribution >= 4 is 0 Å². The summed E-state index contributed by atoms with van der Waals surface area (Å²) in [5.74, 6) is -2.36. The number of aliphatic hydroxyl groups is 11. The van der Waals surface area contributed by atoms with Crippen LogP contribution in [0, 0.1) is 0 Å². The summed E-state index contributed by atoms with van der Waals surface area (Å²) in [4.78, 5) is 0. The van der Waals surface area contributed by atoms with Crippen LogP contribution in [0.4, 0.5) is 0 Å². The van der Waals surface area contributed by atoms with Gasteiger partial charge in [0.05, 0.1) is 19.8 Å². The standard InChI is InChI=1S/C18H32O16/c19-1-5-8(22)11(25)13(27)16(31-5)30-3-7-9(23)12(26)14(28)17(32-7)34-18(4-21)15(29)10(24)6(2-20)33-18/h5-17,19-29H,1-4H2/t5-,6-,7-,8-,9+,10-,11+,12+,13-,14-,15+,16?,17?,18+/m1/s1. The van der Waals surface area contributed by atoms with Crippen molar-refractivity contribution in [2.24, 2.45) is 0 Å². The van der Waals surface area contributed by atoms with Crippen molar-refractivity contribution in [2.75, 3.05) is 26.4 Å². The summed E-state index contributed by atoms with van der Waals surface area (Å²) in [6.07, 6.45) is -21.8. The fourth-order valence-corrected chi connectivity index (χ4v) is 4.01. The van der Waals surface area contributed by atoms with Crippen LogP contribution in [0.25, 0.3) is 0 Å². The van der Waals surface area contributed by atoms with Crippen LogP contribution in [0.15, 0.2) is 0 Å². The second-order valence-electron chi connectivity index (χ2n) is 8.41. The summed E-state index contributed by atoms with van der Waals surface area (Å²) in [6, 6.07) is 0. The lowest BCUT2D eigenvalue weighted by atomic mass is 9.98. The summed E-state index contributed by atoms with van der Waals surface area (Å²) in [6.45, 7) is -3.14. The van der Waals surface area contributed by atoms with E-state index in [2.05, 4.69) is 0 Å². The van der Waals surface area contributed by atoms with Crippen LogP contribution in [-0.4, -0.2) is 168 Å². The highest BCUT2D eigenvalue weighted by Gasteiger charge is 2.58. The van der Waals surface area contributed by atoms with E-state index in [-0.39, 0.29) is 0 Å². The van der Waals surface area contributed by atoms with Crippen molar-refractivity contribution < 1.29 is 79.9 Å². The van der Waals surface area contributed by atoms with Gasteiger partial charge in [-0.1, -0.05) is 0 Å². The van der Waals surface area contributed by atoms with E-state index in [0.29, 0.717) is 0 Å². The Morgan fingerprint density at radius 1 is 0.588 bits per heavy atom. The predicted molar refractivity (Wildman–Crippen MR) is 101 cm³/mol. The van der Waals surface area contributed by atoms with E-state index in [9.17, 15) is 56.2 Å². The van der Waals surface area contributed by atoms with Crippen LogP contribution < -0.4 is 0 Å². The van der Waals surface area contributed by atoms with Crippen molar-refractivity contribution in [1.82, 2.24) is 0 Å². The van der Waals surface area contributed by atoms with Gasteiger partial charge in [-0.25, -0.2) is 0 Å². The van der Waals surface area contributed by atoms with Gasteiger partial charge in [0, 0.05) is 0 Å². The van der Waals surface area contributed by atoms with Crippen LogP contribution in [0.3, 0.4) is 0 Å². The third-order valence-corrected chi connectivity index (χ3v) is 6.16. The molecule has 200 valence electrons. The molecule has 3 fully saturated rings. The largest absolute Gasteiger partial charge is 0.394 e. The highest BCUT2D eigenvalue weighted by Crippen LogP contribution is 2.36. The third kappa shape index (κ3) is 5.09. The second-order valence-corrected chi connectivity index (χ2v) is 8.41. The zero-order valence-corrected chi connectivity index (χ0v) is 17.8. The van der Waals surface area contributed by atoms with E-state index in [0.717, 1.165) is 0 Å². The van der Waals surface area contributed by atoms with Crippen LogP contribution >= 0.6 is 0 Å². The fraction of sp³-hybridized carbons (Fsp3) is 1.00. The molecule has 16 heteroatoms. The topological polar surface area (TPSA) is 269 Å². The van der Waals surface area contributed by atoms with E-state index in [1.54, 1.807) is 0 Å². The van der Waals surface area contributed by atoms with Gasteiger partial charge in [-0.3, -0.25) is 0 Å². The maximum Gasteiger partial charge on any atom is 0.224 e. The summed E-state index contributed by atoms with van der Waals surface area (Å²) >= 11 is 0. The zero-order valence-electron chi connectivity index (χ0n) is 17.8. The van der Waals surface area contributed by atoms with Crippen molar-refractivity contribution in [1.29, 1.82) is 0 Å². The minimum absolute atomic E-state index is 0.634. The average Bonchev–Trinajstić information content (AvgIpc) is 3.08. The molecule has 3 rings (SSSR count). The molecule has 0 bridgehead atoms. The van der Waals surface area contributed by atoms with E-state index >= 15 is 0 Å². The van der Waals surface area contributed by atoms with Crippen LogP contribution in [0.1, 0.15) is 0 Å². The molecular formula is C18H32O16. The average molecular weight is 504 g/mol. The molecule has 0 saturated carbocycles. The van der Waals surface area contributed by atoms with E-state index in [4.69, 9.17) is 23.7 Å². The Labute approximate surface area is 192 Å². The molecule has 0 aromatic rings. The zero-order chi connectivity index (χ0) is 25.4. The number of hydrogen-bond acceptors (Lipinski definition) is 16. The summed E-state index contributed by atoms with van der Waals surface area (Å²) in [7, 11) is 0. The highest BCUT2D eigenvalue weighted by molar-refractivity contribution is 4.98. The molecule has 3 aliphatic rings. The highest BCUT2D eigenvalue weighted by atomic mass is 16.8. The molecule has 3 heterocycles. The third-order valence-electron chi connectivity index (χ3n) is 6.16. The summed E-state index contributed by atoms with van der Waals surface area (Å²) in [5.41, 5.74) is 0. The fourth-order valence-electron chi connectivity index (χ4n) is 4.01. The SMILES string of the molecule is OC[C@H]1O[C@@](CO)(OC2O[C@H](COC3O[C@H](CO)[C@@H](O)[C@H](O)[C@H]3O)[C@H](O)[C@H](O)[C@H]2O)[C@@H](O)[C@@H]1O. The number of hydrogen-bond donors (Lipinski definition) is 11. The van der Waals surface area contributed by atoms with Crippen LogP contribution in [-0.2, 0) is 23.7 Å². The summed E-state index contributed by atoms with van der Waals surface area (Å²) in [5, 5.41) is 109.